The maximum absolute atomic E-state index is 12.8. The lowest BCUT2D eigenvalue weighted by Crippen LogP contribution is -2.08. The smallest absolute Gasteiger partial charge is 0.358 e. The van der Waals surface area contributed by atoms with Gasteiger partial charge in [0.1, 0.15) is 12.4 Å². The van der Waals surface area contributed by atoms with Gasteiger partial charge in [-0.1, -0.05) is 17.3 Å². The molecule has 96 valence electrons. The summed E-state index contributed by atoms with van der Waals surface area (Å²) in [5, 5.41) is 24.8. The summed E-state index contributed by atoms with van der Waals surface area (Å²) in [4.78, 5) is 11.0. The van der Waals surface area contributed by atoms with E-state index < -0.39 is 5.97 Å². The molecule has 0 aliphatic rings. The van der Waals surface area contributed by atoms with Crippen LogP contribution in [0.1, 0.15) is 21.7 Å². The van der Waals surface area contributed by atoms with E-state index in [4.69, 9.17) is 10.4 Å². The van der Waals surface area contributed by atoms with Crippen molar-refractivity contribution in [1.29, 1.82) is 5.26 Å². The maximum Gasteiger partial charge on any atom is 0.358 e. The third-order valence-electron chi connectivity index (χ3n) is 2.55. The summed E-state index contributed by atoms with van der Waals surface area (Å²) in [5.74, 6) is -1.58. The molecule has 0 amide bonds. The Morgan fingerprint density at radius 2 is 2.11 bits per heavy atom. The average molecular weight is 260 g/mol. The number of hydrogen-bond donors (Lipinski definition) is 1. The third kappa shape index (κ3) is 2.74. The lowest BCUT2D eigenvalue weighted by atomic mass is 10.1. The largest absolute Gasteiger partial charge is 0.476 e. The first-order chi connectivity index (χ1) is 9.11. The van der Waals surface area contributed by atoms with Crippen molar-refractivity contribution in [3.05, 3.63) is 47.0 Å². The van der Waals surface area contributed by atoms with Crippen molar-refractivity contribution in [1.82, 2.24) is 15.0 Å². The van der Waals surface area contributed by atoms with Crippen LogP contribution < -0.4 is 0 Å². The summed E-state index contributed by atoms with van der Waals surface area (Å²) >= 11 is 0. The second kappa shape index (κ2) is 5.27. The number of aromatic nitrogens is 3. The minimum atomic E-state index is -1.21. The van der Waals surface area contributed by atoms with Crippen LogP contribution in [0, 0.1) is 17.1 Å². The van der Waals surface area contributed by atoms with E-state index in [0.717, 1.165) is 0 Å². The van der Waals surface area contributed by atoms with Gasteiger partial charge in [-0.15, -0.1) is 5.10 Å². The quantitative estimate of drug-likeness (QED) is 0.892. The van der Waals surface area contributed by atoms with Gasteiger partial charge in [-0.25, -0.2) is 13.9 Å². The van der Waals surface area contributed by atoms with Crippen LogP contribution in [-0.2, 0) is 13.0 Å². The predicted molar refractivity (Wildman–Crippen MR) is 61.8 cm³/mol. The molecular weight excluding hydrogens is 251 g/mol. The SMILES string of the molecule is N#CCn1nnc(C(=O)O)c1Cc1ccc(F)cc1. The molecule has 0 aliphatic heterocycles. The summed E-state index contributed by atoms with van der Waals surface area (Å²) in [6.45, 7) is -0.0865. The minimum Gasteiger partial charge on any atom is -0.476 e. The van der Waals surface area contributed by atoms with Crippen LogP contribution in [0.4, 0.5) is 4.39 Å². The van der Waals surface area contributed by atoms with Gasteiger partial charge in [-0.2, -0.15) is 5.26 Å². The van der Waals surface area contributed by atoms with Gasteiger partial charge >= 0.3 is 5.97 Å². The molecule has 2 rings (SSSR count). The van der Waals surface area contributed by atoms with Crippen LogP contribution in [0.3, 0.4) is 0 Å². The van der Waals surface area contributed by atoms with Crippen LogP contribution >= 0.6 is 0 Å². The highest BCUT2D eigenvalue weighted by Gasteiger charge is 2.19. The summed E-state index contributed by atoms with van der Waals surface area (Å²) < 4.78 is 14.0. The van der Waals surface area contributed by atoms with Crippen molar-refractivity contribution < 1.29 is 14.3 Å². The van der Waals surface area contributed by atoms with Gasteiger partial charge in [-0.05, 0) is 17.7 Å². The number of aromatic carboxylic acids is 1. The second-order valence-electron chi connectivity index (χ2n) is 3.81. The molecule has 0 aliphatic carbocycles. The van der Waals surface area contributed by atoms with Crippen molar-refractivity contribution in [3.8, 4) is 6.07 Å². The molecule has 19 heavy (non-hydrogen) atoms. The zero-order chi connectivity index (χ0) is 13.8. The van der Waals surface area contributed by atoms with Crippen molar-refractivity contribution in [2.45, 2.75) is 13.0 Å². The Balaban J connectivity index is 2.37. The normalized spacial score (nSPS) is 10.1. The average Bonchev–Trinajstić information content (AvgIpc) is 2.76. The summed E-state index contributed by atoms with van der Waals surface area (Å²) in [7, 11) is 0. The molecule has 0 radical (unpaired) electrons. The number of rotatable bonds is 4. The summed E-state index contributed by atoms with van der Waals surface area (Å²) in [6.07, 6.45) is 0.219. The standard InChI is InChI=1S/C12H9FN4O2/c13-9-3-1-8(2-4-9)7-10-11(12(18)19)15-16-17(10)6-5-14/h1-4H,6-7H2,(H,18,19). The molecule has 0 atom stereocenters. The Labute approximate surface area is 107 Å². The monoisotopic (exact) mass is 260 g/mol. The van der Waals surface area contributed by atoms with E-state index in [1.54, 1.807) is 12.1 Å². The first kappa shape index (κ1) is 12.7. The molecule has 0 fully saturated rings. The van der Waals surface area contributed by atoms with Crippen LogP contribution in [0.2, 0.25) is 0 Å². The van der Waals surface area contributed by atoms with Gasteiger partial charge in [0.2, 0.25) is 0 Å². The van der Waals surface area contributed by atoms with Crippen LogP contribution in [-0.4, -0.2) is 26.1 Å². The van der Waals surface area contributed by atoms with Gasteiger partial charge < -0.3 is 5.11 Å². The van der Waals surface area contributed by atoms with E-state index in [2.05, 4.69) is 10.3 Å². The van der Waals surface area contributed by atoms with Crippen molar-refractivity contribution >= 4 is 5.97 Å². The fraction of sp³-hybridized carbons (Fsp3) is 0.167. The molecule has 0 saturated carbocycles. The number of halogens is 1. The molecule has 0 bridgehead atoms. The van der Waals surface area contributed by atoms with E-state index in [0.29, 0.717) is 11.3 Å². The van der Waals surface area contributed by atoms with Gasteiger partial charge in [0.15, 0.2) is 5.69 Å². The molecule has 0 saturated heterocycles. The maximum atomic E-state index is 12.8. The van der Waals surface area contributed by atoms with Gasteiger partial charge in [0.25, 0.3) is 0 Å². The number of carboxylic acids is 1. The Hall–Kier alpha value is -2.75. The van der Waals surface area contributed by atoms with E-state index in [1.165, 1.54) is 16.8 Å². The summed E-state index contributed by atoms with van der Waals surface area (Å²) in [5.41, 5.74) is 0.839. The molecule has 1 aromatic heterocycles. The van der Waals surface area contributed by atoms with E-state index >= 15 is 0 Å². The number of hydrogen-bond acceptors (Lipinski definition) is 4. The van der Waals surface area contributed by atoms with Crippen LogP contribution in [0.25, 0.3) is 0 Å². The molecule has 1 heterocycles. The van der Waals surface area contributed by atoms with Gasteiger partial charge in [0, 0.05) is 6.42 Å². The molecule has 6 nitrogen and oxygen atoms in total. The van der Waals surface area contributed by atoms with E-state index in [1.807, 2.05) is 6.07 Å². The Morgan fingerprint density at radius 3 is 2.68 bits per heavy atom. The highest BCUT2D eigenvalue weighted by Crippen LogP contribution is 2.13. The predicted octanol–water partition coefficient (Wildman–Crippen LogP) is 1.23. The first-order valence-electron chi connectivity index (χ1n) is 5.39. The molecule has 2 aromatic rings. The van der Waals surface area contributed by atoms with Crippen LogP contribution in [0.15, 0.2) is 24.3 Å². The molecule has 0 spiro atoms. The zero-order valence-electron chi connectivity index (χ0n) is 9.75. The highest BCUT2D eigenvalue weighted by molar-refractivity contribution is 5.86. The van der Waals surface area contributed by atoms with Crippen molar-refractivity contribution in [2.75, 3.05) is 0 Å². The minimum absolute atomic E-state index is 0.0865. The summed E-state index contributed by atoms with van der Waals surface area (Å²) in [6, 6.07) is 7.54. The fourth-order valence-corrected chi connectivity index (χ4v) is 1.66. The second-order valence-corrected chi connectivity index (χ2v) is 3.81. The third-order valence-corrected chi connectivity index (χ3v) is 2.55. The molecule has 1 N–H and O–H groups in total. The number of nitrogens with zero attached hydrogens (tertiary/aromatic N) is 4. The number of benzene rings is 1. The molecular formula is C12H9FN4O2. The first-order valence-corrected chi connectivity index (χ1v) is 5.39. The fourth-order valence-electron chi connectivity index (χ4n) is 1.66. The van der Waals surface area contributed by atoms with Gasteiger partial charge in [0.05, 0.1) is 11.8 Å². The van der Waals surface area contributed by atoms with Crippen LogP contribution in [0.5, 0.6) is 0 Å². The lowest BCUT2D eigenvalue weighted by Gasteiger charge is -2.04. The topological polar surface area (TPSA) is 91.8 Å². The van der Waals surface area contributed by atoms with Crippen molar-refractivity contribution in [3.63, 3.8) is 0 Å². The molecule has 0 unspecified atom stereocenters. The van der Waals surface area contributed by atoms with Gasteiger partial charge in [-0.3, -0.25) is 0 Å². The molecule has 7 heteroatoms. The highest BCUT2D eigenvalue weighted by atomic mass is 19.1. The molecule has 1 aromatic carbocycles. The number of carboxylic acid groups (broad SMARTS) is 1. The lowest BCUT2D eigenvalue weighted by molar-refractivity contribution is 0.0689. The Morgan fingerprint density at radius 1 is 1.42 bits per heavy atom. The Bertz CT molecular complexity index is 643. The van der Waals surface area contributed by atoms with E-state index in [-0.39, 0.29) is 24.5 Å². The van der Waals surface area contributed by atoms with E-state index in [9.17, 15) is 9.18 Å². The Kier molecular flexibility index (Phi) is 3.52. The number of nitriles is 1. The number of carbonyl (C=O) groups is 1. The van der Waals surface area contributed by atoms with Crippen molar-refractivity contribution in [2.24, 2.45) is 0 Å². The zero-order valence-corrected chi connectivity index (χ0v) is 9.75.